The van der Waals surface area contributed by atoms with Crippen LogP contribution < -0.4 is 5.73 Å². The highest BCUT2D eigenvalue weighted by Crippen LogP contribution is 2.35. The van der Waals surface area contributed by atoms with Gasteiger partial charge in [0.1, 0.15) is 5.75 Å². The molecule has 0 atom stereocenters. The number of hydrogen-bond donors (Lipinski definition) is 2. The monoisotopic (exact) mass is 385 g/mol. The van der Waals surface area contributed by atoms with Crippen molar-refractivity contribution in [2.75, 3.05) is 32.8 Å². The summed E-state index contributed by atoms with van der Waals surface area (Å²) in [7, 11) is 0. The zero-order valence-electron chi connectivity index (χ0n) is 16.9. The first kappa shape index (κ1) is 20.4. The summed E-state index contributed by atoms with van der Waals surface area (Å²) in [4.78, 5) is 14.7. The lowest BCUT2D eigenvalue weighted by molar-refractivity contribution is 0.0369. The lowest BCUT2D eigenvalue weighted by atomic mass is 9.98. The normalized spacial score (nSPS) is 15.1. The smallest absolute Gasteiger partial charge is 0.251 e. The van der Waals surface area contributed by atoms with Gasteiger partial charge in [-0.3, -0.25) is 9.69 Å². The molecule has 6 nitrogen and oxygen atoms in total. The molecule has 152 valence electrons. The first-order valence-electron chi connectivity index (χ1n) is 10.1. The van der Waals surface area contributed by atoms with Gasteiger partial charge in [-0.2, -0.15) is 0 Å². The molecule has 1 aliphatic rings. The Bertz CT molecular complexity index is 823. The van der Waals surface area contributed by atoms with E-state index in [1.54, 1.807) is 18.2 Å². The number of rotatable bonds is 8. The van der Waals surface area contributed by atoms with Gasteiger partial charge in [-0.25, -0.2) is 0 Å². The number of hydrogen-bond acceptors (Lipinski definition) is 4. The van der Waals surface area contributed by atoms with E-state index in [0.717, 1.165) is 81.2 Å². The number of ether oxygens (including phenoxy) is 1. The highest BCUT2D eigenvalue weighted by Gasteiger charge is 2.24. The van der Waals surface area contributed by atoms with Gasteiger partial charge in [0.05, 0.1) is 18.8 Å². The van der Waals surface area contributed by atoms with Gasteiger partial charge in [-0.15, -0.1) is 0 Å². The van der Waals surface area contributed by atoms with Crippen LogP contribution in [0.15, 0.2) is 24.3 Å². The molecular weight excluding hydrogens is 354 g/mol. The first-order chi connectivity index (χ1) is 13.5. The van der Waals surface area contributed by atoms with E-state index in [9.17, 15) is 9.90 Å². The summed E-state index contributed by atoms with van der Waals surface area (Å²) < 4.78 is 7.67. The summed E-state index contributed by atoms with van der Waals surface area (Å²) in [5, 5.41) is 9.95. The van der Waals surface area contributed by atoms with Crippen LogP contribution in [-0.4, -0.2) is 53.3 Å². The molecule has 3 rings (SSSR count). The van der Waals surface area contributed by atoms with E-state index < -0.39 is 5.91 Å². The number of aromatic hydroxyl groups is 1. The van der Waals surface area contributed by atoms with E-state index in [2.05, 4.69) is 16.4 Å². The Kier molecular flexibility index (Phi) is 6.75. The minimum absolute atomic E-state index is 0.188. The molecule has 2 heterocycles. The van der Waals surface area contributed by atoms with Crippen molar-refractivity contribution in [1.82, 2.24) is 9.47 Å². The Morgan fingerprint density at radius 2 is 2.00 bits per heavy atom. The van der Waals surface area contributed by atoms with Gasteiger partial charge in [-0.1, -0.05) is 25.5 Å². The number of benzene rings is 1. The predicted octanol–water partition coefficient (Wildman–Crippen LogP) is 2.94. The van der Waals surface area contributed by atoms with Crippen LogP contribution in [-0.2, 0) is 17.7 Å². The van der Waals surface area contributed by atoms with E-state index in [1.165, 1.54) is 0 Å². The summed E-state index contributed by atoms with van der Waals surface area (Å²) in [6.07, 6.45) is 2.83. The third kappa shape index (κ3) is 4.39. The second kappa shape index (κ2) is 9.26. The average molecular weight is 386 g/mol. The number of phenolic OH excluding ortho intramolecular Hbond substituents is 1. The molecular formula is C22H31N3O3. The standard InChI is InChI=1S/C22H31N3O3/c1-3-6-19-21(17-7-4-8-18(26)15-17)20(22(23)27)16(2)25(19)10-5-9-24-11-13-28-14-12-24/h4,7-8,15,26H,3,5-6,9-14H2,1-2H3,(H2,23,27). The molecule has 0 bridgehead atoms. The topological polar surface area (TPSA) is 80.7 Å². The van der Waals surface area contributed by atoms with Gasteiger partial charge in [0.2, 0.25) is 0 Å². The second-order valence-electron chi connectivity index (χ2n) is 7.41. The minimum atomic E-state index is -0.417. The van der Waals surface area contributed by atoms with Crippen molar-refractivity contribution < 1.29 is 14.6 Å². The van der Waals surface area contributed by atoms with Gasteiger partial charge < -0.3 is 20.1 Å². The summed E-state index contributed by atoms with van der Waals surface area (Å²) >= 11 is 0. The maximum atomic E-state index is 12.3. The van der Waals surface area contributed by atoms with Crippen molar-refractivity contribution in [1.29, 1.82) is 0 Å². The molecule has 1 saturated heterocycles. The fourth-order valence-electron chi connectivity index (χ4n) is 4.15. The third-order valence-electron chi connectivity index (χ3n) is 5.46. The summed E-state index contributed by atoms with van der Waals surface area (Å²) in [6, 6.07) is 7.08. The quantitative estimate of drug-likeness (QED) is 0.732. The van der Waals surface area contributed by atoms with Crippen LogP contribution in [0.5, 0.6) is 5.75 Å². The second-order valence-corrected chi connectivity index (χ2v) is 7.41. The molecule has 0 unspecified atom stereocenters. The molecule has 2 aromatic rings. The van der Waals surface area contributed by atoms with Crippen LogP contribution in [0.1, 0.15) is 41.5 Å². The zero-order chi connectivity index (χ0) is 20.1. The third-order valence-corrected chi connectivity index (χ3v) is 5.46. The molecule has 0 saturated carbocycles. The molecule has 3 N–H and O–H groups in total. The molecule has 0 spiro atoms. The predicted molar refractivity (Wildman–Crippen MR) is 111 cm³/mol. The van der Waals surface area contributed by atoms with E-state index in [4.69, 9.17) is 10.5 Å². The van der Waals surface area contributed by atoms with Crippen LogP contribution in [0, 0.1) is 6.92 Å². The van der Waals surface area contributed by atoms with Crippen LogP contribution in [0.25, 0.3) is 11.1 Å². The van der Waals surface area contributed by atoms with Gasteiger partial charge in [-0.05, 0) is 37.5 Å². The van der Waals surface area contributed by atoms with Crippen molar-refractivity contribution in [2.45, 2.75) is 39.7 Å². The molecule has 6 heteroatoms. The van der Waals surface area contributed by atoms with Crippen molar-refractivity contribution in [2.24, 2.45) is 5.73 Å². The van der Waals surface area contributed by atoms with E-state index in [1.807, 2.05) is 13.0 Å². The molecule has 0 radical (unpaired) electrons. The van der Waals surface area contributed by atoms with Crippen molar-refractivity contribution in [3.63, 3.8) is 0 Å². The lowest BCUT2D eigenvalue weighted by Gasteiger charge is -2.26. The van der Waals surface area contributed by atoms with Gasteiger partial charge in [0.25, 0.3) is 5.91 Å². The largest absolute Gasteiger partial charge is 0.508 e. The van der Waals surface area contributed by atoms with Crippen molar-refractivity contribution in [3.8, 4) is 16.9 Å². The van der Waals surface area contributed by atoms with E-state index in [0.29, 0.717) is 5.56 Å². The Balaban J connectivity index is 1.94. The number of nitrogens with two attached hydrogens (primary N) is 1. The molecule has 1 amide bonds. The Morgan fingerprint density at radius 1 is 1.25 bits per heavy atom. The maximum Gasteiger partial charge on any atom is 0.251 e. The van der Waals surface area contributed by atoms with Crippen LogP contribution in [0.2, 0.25) is 0 Å². The summed E-state index contributed by atoms with van der Waals surface area (Å²) in [5.74, 6) is -0.229. The zero-order valence-corrected chi connectivity index (χ0v) is 16.9. The number of amides is 1. The number of morpholine rings is 1. The average Bonchev–Trinajstić information content (AvgIpc) is 2.95. The van der Waals surface area contributed by atoms with Crippen molar-refractivity contribution in [3.05, 3.63) is 41.2 Å². The highest BCUT2D eigenvalue weighted by molar-refractivity contribution is 6.02. The Hall–Kier alpha value is -2.31. The van der Waals surface area contributed by atoms with Gasteiger partial charge in [0.15, 0.2) is 0 Å². The van der Waals surface area contributed by atoms with Crippen LogP contribution >= 0.6 is 0 Å². The Labute approximate surface area is 166 Å². The lowest BCUT2D eigenvalue weighted by Crippen LogP contribution is -2.37. The molecule has 1 fully saturated rings. The fraction of sp³-hybridized carbons (Fsp3) is 0.500. The van der Waals surface area contributed by atoms with E-state index in [-0.39, 0.29) is 5.75 Å². The van der Waals surface area contributed by atoms with Gasteiger partial charge >= 0.3 is 0 Å². The molecule has 1 aliphatic heterocycles. The number of nitrogens with zero attached hydrogens (tertiary/aromatic N) is 2. The Morgan fingerprint density at radius 3 is 2.64 bits per heavy atom. The SMILES string of the molecule is CCCc1c(-c2cccc(O)c2)c(C(N)=O)c(C)n1CCCN1CCOCC1. The van der Waals surface area contributed by atoms with Crippen molar-refractivity contribution >= 4 is 5.91 Å². The van der Waals surface area contributed by atoms with E-state index >= 15 is 0 Å². The van der Waals surface area contributed by atoms with Gasteiger partial charge in [0, 0.05) is 43.1 Å². The number of carbonyl (C=O) groups is 1. The summed E-state index contributed by atoms with van der Waals surface area (Å²) in [6.45, 7) is 9.53. The molecule has 28 heavy (non-hydrogen) atoms. The fourth-order valence-corrected chi connectivity index (χ4v) is 4.15. The number of aromatic nitrogens is 1. The summed E-state index contributed by atoms with van der Waals surface area (Å²) in [5.41, 5.74) is 10.1. The number of carbonyl (C=O) groups excluding carboxylic acids is 1. The first-order valence-corrected chi connectivity index (χ1v) is 10.1. The number of phenols is 1. The molecule has 0 aliphatic carbocycles. The molecule has 1 aromatic heterocycles. The van der Waals surface area contributed by atoms with Crippen LogP contribution in [0.4, 0.5) is 0 Å². The highest BCUT2D eigenvalue weighted by atomic mass is 16.5. The maximum absolute atomic E-state index is 12.3. The minimum Gasteiger partial charge on any atom is -0.508 e. The van der Waals surface area contributed by atoms with Crippen LogP contribution in [0.3, 0.4) is 0 Å². The molecule has 1 aromatic carbocycles. The number of primary amides is 1.